The number of nitrogens with one attached hydrogen (secondary N) is 1. The Morgan fingerprint density at radius 2 is 1.88 bits per heavy atom. The van der Waals surface area contributed by atoms with Crippen LogP contribution in [0.1, 0.15) is 15.9 Å². The number of hydrogen-bond acceptors (Lipinski definition) is 5. The molecule has 2 N–H and O–H groups in total. The average Bonchev–Trinajstić information content (AvgIpc) is 2.83. The van der Waals surface area contributed by atoms with Gasteiger partial charge >= 0.3 is 5.97 Å². The molecule has 1 atom stereocenters. The normalized spacial score (nSPS) is 17.2. The van der Waals surface area contributed by atoms with Gasteiger partial charge in [-0.3, -0.25) is 9.59 Å². The van der Waals surface area contributed by atoms with Crippen molar-refractivity contribution in [2.24, 2.45) is 0 Å². The highest BCUT2D eigenvalue weighted by atomic mass is 32.2. The van der Waals surface area contributed by atoms with Gasteiger partial charge in [-0.1, -0.05) is 29.8 Å². The Morgan fingerprint density at radius 1 is 1.17 bits per heavy atom. The van der Waals surface area contributed by atoms with Gasteiger partial charge in [0.15, 0.2) is 5.37 Å². The highest BCUT2D eigenvalue weighted by Crippen LogP contribution is 2.33. The summed E-state index contributed by atoms with van der Waals surface area (Å²) >= 11 is 0.829. The minimum absolute atomic E-state index is 0.0639. The molecule has 2 aromatic carbocycles. The molecule has 1 fully saturated rings. The van der Waals surface area contributed by atoms with Crippen LogP contribution < -0.4 is 10.2 Å². The zero-order valence-corrected chi connectivity index (χ0v) is 13.5. The first-order chi connectivity index (χ1) is 11.5. The number of para-hydroxylation sites is 1. The lowest BCUT2D eigenvalue weighted by molar-refractivity contribution is -0.116. The first-order valence-electron chi connectivity index (χ1n) is 7.17. The molecule has 122 valence electrons. The zero-order chi connectivity index (χ0) is 17.3. The Labute approximate surface area is 142 Å². The van der Waals surface area contributed by atoms with E-state index in [-0.39, 0.29) is 5.56 Å². The number of rotatable bonds is 4. The van der Waals surface area contributed by atoms with E-state index in [0.29, 0.717) is 11.4 Å². The SMILES string of the molecule is Cc1ccc(N[C@@H]2SC(=O)N(c3ccccc3)C2=O)c(C(=O)O)c1. The van der Waals surface area contributed by atoms with Crippen molar-refractivity contribution in [1.82, 2.24) is 0 Å². The van der Waals surface area contributed by atoms with Gasteiger partial charge in [-0.05, 0) is 43.0 Å². The molecule has 2 aromatic rings. The summed E-state index contributed by atoms with van der Waals surface area (Å²) in [5.41, 5.74) is 1.66. The summed E-state index contributed by atoms with van der Waals surface area (Å²) in [6.07, 6.45) is 0. The first-order valence-corrected chi connectivity index (χ1v) is 8.05. The number of carboxylic acids is 1. The number of carbonyl (C=O) groups excluding carboxylic acids is 2. The number of anilines is 2. The average molecular weight is 342 g/mol. The Hall–Kier alpha value is -2.80. The maximum absolute atomic E-state index is 12.5. The zero-order valence-electron chi connectivity index (χ0n) is 12.7. The predicted octanol–water partition coefficient (Wildman–Crippen LogP) is 3.33. The van der Waals surface area contributed by atoms with Crippen LogP contribution in [-0.4, -0.2) is 27.6 Å². The van der Waals surface area contributed by atoms with Crippen molar-refractivity contribution < 1.29 is 19.5 Å². The topological polar surface area (TPSA) is 86.7 Å². The largest absolute Gasteiger partial charge is 0.478 e. The molecule has 1 aliphatic rings. The van der Waals surface area contributed by atoms with Gasteiger partial charge < -0.3 is 10.4 Å². The molecular formula is C17H14N2O4S. The smallest absolute Gasteiger partial charge is 0.337 e. The third-order valence-electron chi connectivity index (χ3n) is 3.55. The van der Waals surface area contributed by atoms with Crippen molar-refractivity contribution in [1.29, 1.82) is 0 Å². The molecular weight excluding hydrogens is 328 g/mol. The molecule has 0 aliphatic carbocycles. The van der Waals surface area contributed by atoms with Gasteiger partial charge in [0.05, 0.1) is 11.3 Å². The second-order valence-corrected chi connectivity index (χ2v) is 6.33. The van der Waals surface area contributed by atoms with Crippen LogP contribution in [0.2, 0.25) is 0 Å². The summed E-state index contributed by atoms with van der Waals surface area (Å²) in [5, 5.41) is 10.9. The fourth-order valence-corrected chi connectivity index (χ4v) is 3.31. The van der Waals surface area contributed by atoms with E-state index in [1.165, 1.54) is 6.07 Å². The highest BCUT2D eigenvalue weighted by molar-refractivity contribution is 8.16. The Balaban J connectivity index is 1.87. The van der Waals surface area contributed by atoms with Crippen molar-refractivity contribution in [2.45, 2.75) is 12.3 Å². The molecule has 6 nitrogen and oxygen atoms in total. The van der Waals surface area contributed by atoms with E-state index in [0.717, 1.165) is 22.2 Å². The number of amides is 2. The number of benzene rings is 2. The summed E-state index contributed by atoms with van der Waals surface area (Å²) in [6.45, 7) is 1.78. The van der Waals surface area contributed by atoms with E-state index in [9.17, 15) is 19.5 Å². The van der Waals surface area contributed by atoms with Gasteiger partial charge in [-0.25, -0.2) is 9.69 Å². The second-order valence-electron chi connectivity index (χ2n) is 5.27. The third kappa shape index (κ3) is 2.98. The summed E-state index contributed by atoms with van der Waals surface area (Å²) < 4.78 is 0. The molecule has 0 radical (unpaired) electrons. The maximum Gasteiger partial charge on any atom is 0.337 e. The minimum atomic E-state index is -1.09. The highest BCUT2D eigenvalue weighted by Gasteiger charge is 2.41. The summed E-state index contributed by atoms with van der Waals surface area (Å²) in [5.74, 6) is -1.52. The van der Waals surface area contributed by atoms with Crippen LogP contribution >= 0.6 is 11.8 Å². The number of carbonyl (C=O) groups is 3. The van der Waals surface area contributed by atoms with Crippen LogP contribution in [0.3, 0.4) is 0 Å². The van der Waals surface area contributed by atoms with E-state index in [2.05, 4.69) is 5.32 Å². The van der Waals surface area contributed by atoms with Crippen molar-refractivity contribution in [3.8, 4) is 0 Å². The molecule has 0 aromatic heterocycles. The Kier molecular flexibility index (Phi) is 4.26. The van der Waals surface area contributed by atoms with Crippen LogP contribution in [-0.2, 0) is 4.79 Å². The van der Waals surface area contributed by atoms with Crippen molar-refractivity contribution in [3.05, 3.63) is 59.7 Å². The summed E-state index contributed by atoms with van der Waals surface area (Å²) in [7, 11) is 0. The molecule has 0 spiro atoms. The summed E-state index contributed by atoms with van der Waals surface area (Å²) in [6, 6.07) is 13.5. The molecule has 2 amide bonds. The van der Waals surface area contributed by atoms with Gasteiger partial charge in [-0.15, -0.1) is 0 Å². The molecule has 0 unspecified atom stereocenters. The van der Waals surface area contributed by atoms with Gasteiger partial charge in [0.1, 0.15) is 0 Å². The fraction of sp³-hybridized carbons (Fsp3) is 0.118. The van der Waals surface area contributed by atoms with E-state index >= 15 is 0 Å². The number of carboxylic acid groups (broad SMARTS) is 1. The monoisotopic (exact) mass is 342 g/mol. The van der Waals surface area contributed by atoms with Crippen LogP contribution in [0.15, 0.2) is 48.5 Å². The summed E-state index contributed by atoms with van der Waals surface area (Å²) in [4.78, 5) is 37.2. The number of nitrogens with zero attached hydrogens (tertiary/aromatic N) is 1. The van der Waals surface area contributed by atoms with Crippen molar-refractivity contribution in [3.63, 3.8) is 0 Å². The lowest BCUT2D eigenvalue weighted by Gasteiger charge is -2.16. The van der Waals surface area contributed by atoms with E-state index in [4.69, 9.17) is 0 Å². The predicted molar refractivity (Wildman–Crippen MR) is 92.5 cm³/mol. The standard InChI is InChI=1S/C17H14N2O4S/c1-10-7-8-13(12(9-10)16(21)22)18-14-15(20)19(17(23)24-14)11-5-3-2-4-6-11/h2-9,14,18H,1H3,(H,21,22)/t14-/m1/s1. The van der Waals surface area contributed by atoms with Crippen LogP contribution in [0.5, 0.6) is 0 Å². The fourth-order valence-electron chi connectivity index (χ4n) is 2.41. The van der Waals surface area contributed by atoms with Crippen LogP contribution in [0, 0.1) is 6.92 Å². The number of hydrogen-bond donors (Lipinski definition) is 2. The van der Waals surface area contributed by atoms with E-state index in [1.54, 1.807) is 49.4 Å². The molecule has 1 saturated heterocycles. The molecule has 1 heterocycles. The molecule has 1 aliphatic heterocycles. The minimum Gasteiger partial charge on any atom is -0.478 e. The number of thioether (sulfide) groups is 1. The molecule has 3 rings (SSSR count). The molecule has 0 saturated carbocycles. The van der Waals surface area contributed by atoms with Crippen LogP contribution in [0.25, 0.3) is 0 Å². The lowest BCUT2D eigenvalue weighted by Crippen LogP contribution is -2.34. The van der Waals surface area contributed by atoms with Crippen molar-refractivity contribution >= 4 is 40.3 Å². The van der Waals surface area contributed by atoms with Gasteiger partial charge in [0.2, 0.25) is 0 Å². The van der Waals surface area contributed by atoms with Gasteiger partial charge in [0, 0.05) is 5.69 Å². The quantitative estimate of drug-likeness (QED) is 0.886. The van der Waals surface area contributed by atoms with Gasteiger partial charge in [-0.2, -0.15) is 0 Å². The van der Waals surface area contributed by atoms with E-state index < -0.39 is 22.5 Å². The number of aromatic carboxylic acids is 1. The second kappa shape index (κ2) is 6.37. The Bertz CT molecular complexity index is 823. The first kappa shape index (κ1) is 16.1. The van der Waals surface area contributed by atoms with Crippen LogP contribution in [0.4, 0.5) is 16.2 Å². The third-order valence-corrected chi connectivity index (χ3v) is 4.49. The molecule has 0 bridgehead atoms. The lowest BCUT2D eigenvalue weighted by atomic mass is 10.1. The maximum atomic E-state index is 12.5. The molecule has 24 heavy (non-hydrogen) atoms. The number of imide groups is 1. The Morgan fingerprint density at radius 3 is 2.54 bits per heavy atom. The van der Waals surface area contributed by atoms with Crippen molar-refractivity contribution in [2.75, 3.05) is 10.2 Å². The van der Waals surface area contributed by atoms with E-state index in [1.807, 2.05) is 0 Å². The molecule has 7 heteroatoms. The number of aryl methyl sites for hydroxylation is 1. The van der Waals surface area contributed by atoms with Gasteiger partial charge in [0.25, 0.3) is 11.1 Å².